The van der Waals surface area contributed by atoms with Crippen molar-refractivity contribution in [1.29, 1.82) is 0 Å². The molecule has 1 amide bonds. The molecule has 0 radical (unpaired) electrons. The van der Waals surface area contributed by atoms with Crippen molar-refractivity contribution in [3.63, 3.8) is 0 Å². The number of rotatable bonds is 8. The van der Waals surface area contributed by atoms with E-state index in [-0.39, 0.29) is 11.5 Å². The number of aromatic carboxylic acids is 1. The van der Waals surface area contributed by atoms with Gasteiger partial charge >= 0.3 is 5.97 Å². The van der Waals surface area contributed by atoms with E-state index in [1.54, 1.807) is 26.4 Å². The fourth-order valence-electron chi connectivity index (χ4n) is 2.35. The smallest absolute Gasteiger partial charge is 0.335 e. The van der Waals surface area contributed by atoms with Crippen LogP contribution >= 0.6 is 0 Å². The number of amides is 1. The van der Waals surface area contributed by atoms with Crippen LogP contribution in [0.1, 0.15) is 27.9 Å². The number of carbonyl (C=O) groups is 2. The van der Waals surface area contributed by atoms with E-state index in [0.717, 1.165) is 11.1 Å². The lowest BCUT2D eigenvalue weighted by molar-refractivity contribution is -0.121. The van der Waals surface area contributed by atoms with Crippen LogP contribution in [0.5, 0.6) is 11.5 Å². The highest BCUT2D eigenvalue weighted by atomic mass is 16.5. The summed E-state index contributed by atoms with van der Waals surface area (Å²) in [7, 11) is 3.15. The van der Waals surface area contributed by atoms with Crippen LogP contribution in [-0.4, -0.2) is 31.2 Å². The number of hydrogen-bond acceptors (Lipinski definition) is 4. The summed E-state index contributed by atoms with van der Waals surface area (Å²) >= 11 is 0. The van der Waals surface area contributed by atoms with Crippen molar-refractivity contribution in [3.8, 4) is 11.5 Å². The maximum Gasteiger partial charge on any atom is 0.335 e. The minimum absolute atomic E-state index is 0.0721. The minimum Gasteiger partial charge on any atom is -0.493 e. The summed E-state index contributed by atoms with van der Waals surface area (Å²) < 4.78 is 10.4. The number of methoxy groups -OCH3 is 2. The van der Waals surface area contributed by atoms with Gasteiger partial charge in [0.05, 0.1) is 19.8 Å². The van der Waals surface area contributed by atoms with Crippen molar-refractivity contribution in [2.75, 3.05) is 14.2 Å². The van der Waals surface area contributed by atoms with Gasteiger partial charge in [-0.05, 0) is 41.8 Å². The topological polar surface area (TPSA) is 84.9 Å². The Labute approximate surface area is 146 Å². The Morgan fingerprint density at radius 2 is 1.60 bits per heavy atom. The van der Waals surface area contributed by atoms with Crippen molar-refractivity contribution in [1.82, 2.24) is 5.32 Å². The lowest BCUT2D eigenvalue weighted by atomic mass is 10.1. The molecule has 2 aromatic carbocycles. The Balaban J connectivity index is 1.83. The molecular weight excluding hydrogens is 322 g/mol. The van der Waals surface area contributed by atoms with E-state index < -0.39 is 5.97 Å². The predicted octanol–water partition coefficient (Wildman–Crippen LogP) is 2.65. The maximum atomic E-state index is 12.0. The molecule has 132 valence electrons. The summed E-state index contributed by atoms with van der Waals surface area (Å²) in [4.78, 5) is 22.8. The molecule has 0 saturated carbocycles. The number of nitrogens with one attached hydrogen (secondary N) is 1. The van der Waals surface area contributed by atoms with Crippen LogP contribution in [0.4, 0.5) is 0 Å². The van der Waals surface area contributed by atoms with Crippen LogP contribution in [0.25, 0.3) is 0 Å². The van der Waals surface area contributed by atoms with E-state index in [9.17, 15) is 9.59 Å². The van der Waals surface area contributed by atoms with Gasteiger partial charge in [0.1, 0.15) is 0 Å². The number of benzene rings is 2. The molecule has 0 bridgehead atoms. The average Bonchev–Trinajstić information content (AvgIpc) is 2.64. The van der Waals surface area contributed by atoms with E-state index in [2.05, 4.69) is 5.32 Å². The summed E-state index contributed by atoms with van der Waals surface area (Å²) in [6.45, 7) is 0.366. The first-order chi connectivity index (χ1) is 12.0. The summed E-state index contributed by atoms with van der Waals surface area (Å²) in [6.07, 6.45) is 0.937. The normalized spacial score (nSPS) is 10.2. The van der Waals surface area contributed by atoms with Gasteiger partial charge < -0.3 is 19.9 Å². The molecule has 25 heavy (non-hydrogen) atoms. The second kappa shape index (κ2) is 8.73. The third-order valence-electron chi connectivity index (χ3n) is 3.78. The van der Waals surface area contributed by atoms with Crippen LogP contribution in [0.2, 0.25) is 0 Å². The number of carboxylic acids is 1. The van der Waals surface area contributed by atoms with Gasteiger partial charge in [0.25, 0.3) is 0 Å². The minimum atomic E-state index is -0.967. The van der Waals surface area contributed by atoms with Gasteiger partial charge in [0.2, 0.25) is 5.91 Å². The number of carbonyl (C=O) groups excluding carboxylic acids is 1. The van der Waals surface area contributed by atoms with E-state index in [1.165, 1.54) is 12.1 Å². The molecule has 0 aromatic heterocycles. The first-order valence-corrected chi connectivity index (χ1v) is 7.83. The van der Waals surface area contributed by atoms with E-state index in [0.29, 0.717) is 30.9 Å². The SMILES string of the molecule is COc1ccc(CCC(=O)NCc2ccc(C(=O)O)cc2)cc1OC. The molecule has 0 unspecified atom stereocenters. The van der Waals surface area contributed by atoms with E-state index in [1.807, 2.05) is 18.2 Å². The predicted molar refractivity (Wildman–Crippen MR) is 93.1 cm³/mol. The molecule has 0 spiro atoms. The molecule has 0 aliphatic heterocycles. The highest BCUT2D eigenvalue weighted by molar-refractivity contribution is 5.87. The highest BCUT2D eigenvalue weighted by Crippen LogP contribution is 2.27. The Bertz CT molecular complexity index is 740. The number of carboxylic acid groups (broad SMARTS) is 1. The maximum absolute atomic E-state index is 12.0. The number of hydrogen-bond donors (Lipinski definition) is 2. The summed E-state index contributed by atoms with van der Waals surface area (Å²) in [5.74, 6) is 0.252. The first kappa shape index (κ1) is 18.3. The molecule has 2 rings (SSSR count). The highest BCUT2D eigenvalue weighted by Gasteiger charge is 2.07. The first-order valence-electron chi connectivity index (χ1n) is 7.83. The molecule has 0 heterocycles. The van der Waals surface area contributed by atoms with Gasteiger partial charge in [-0.3, -0.25) is 4.79 Å². The second-order valence-electron chi connectivity index (χ2n) is 5.47. The van der Waals surface area contributed by atoms with Crippen molar-refractivity contribution < 1.29 is 24.2 Å². The Morgan fingerprint density at radius 3 is 2.20 bits per heavy atom. The van der Waals surface area contributed by atoms with Crippen molar-refractivity contribution in [3.05, 3.63) is 59.2 Å². The average molecular weight is 343 g/mol. The third-order valence-corrected chi connectivity index (χ3v) is 3.78. The van der Waals surface area contributed by atoms with Crippen molar-refractivity contribution >= 4 is 11.9 Å². The zero-order valence-corrected chi connectivity index (χ0v) is 14.2. The number of ether oxygens (including phenoxy) is 2. The zero-order valence-electron chi connectivity index (χ0n) is 14.2. The Morgan fingerprint density at radius 1 is 0.960 bits per heavy atom. The van der Waals surface area contributed by atoms with Gasteiger partial charge in [-0.15, -0.1) is 0 Å². The standard InChI is InChI=1S/C19H21NO5/c1-24-16-9-5-13(11-17(16)25-2)6-10-18(21)20-12-14-3-7-15(8-4-14)19(22)23/h3-5,7-9,11H,6,10,12H2,1-2H3,(H,20,21)(H,22,23). The molecule has 2 aromatic rings. The molecule has 0 atom stereocenters. The molecule has 0 fully saturated rings. The summed E-state index contributed by atoms with van der Waals surface area (Å²) in [5.41, 5.74) is 2.06. The second-order valence-corrected chi connectivity index (χ2v) is 5.47. The van der Waals surface area contributed by atoms with E-state index >= 15 is 0 Å². The molecular formula is C19H21NO5. The largest absolute Gasteiger partial charge is 0.493 e. The Kier molecular flexibility index (Phi) is 6.39. The van der Waals surface area contributed by atoms with E-state index in [4.69, 9.17) is 14.6 Å². The van der Waals surface area contributed by atoms with Gasteiger partial charge in [0, 0.05) is 13.0 Å². The molecule has 6 heteroatoms. The van der Waals surface area contributed by atoms with Crippen LogP contribution in [0.3, 0.4) is 0 Å². The van der Waals surface area contributed by atoms with Gasteiger partial charge in [0.15, 0.2) is 11.5 Å². The fraction of sp³-hybridized carbons (Fsp3) is 0.263. The summed E-state index contributed by atoms with van der Waals surface area (Å²) in [6, 6.07) is 12.0. The van der Waals surface area contributed by atoms with Crippen molar-refractivity contribution in [2.45, 2.75) is 19.4 Å². The van der Waals surface area contributed by atoms with Crippen LogP contribution in [0, 0.1) is 0 Å². The van der Waals surface area contributed by atoms with Gasteiger partial charge in [-0.2, -0.15) is 0 Å². The van der Waals surface area contributed by atoms with Crippen LogP contribution in [-0.2, 0) is 17.8 Å². The zero-order chi connectivity index (χ0) is 18.2. The summed E-state index contributed by atoms with van der Waals surface area (Å²) in [5, 5.41) is 11.7. The fourth-order valence-corrected chi connectivity index (χ4v) is 2.35. The quantitative estimate of drug-likeness (QED) is 0.770. The van der Waals surface area contributed by atoms with Crippen LogP contribution < -0.4 is 14.8 Å². The molecule has 6 nitrogen and oxygen atoms in total. The lowest BCUT2D eigenvalue weighted by Crippen LogP contribution is -2.23. The molecule has 0 aliphatic rings. The van der Waals surface area contributed by atoms with Crippen LogP contribution in [0.15, 0.2) is 42.5 Å². The monoisotopic (exact) mass is 343 g/mol. The van der Waals surface area contributed by atoms with Gasteiger partial charge in [-0.1, -0.05) is 18.2 Å². The Hall–Kier alpha value is -3.02. The third kappa shape index (κ3) is 5.24. The molecule has 0 aliphatic carbocycles. The van der Waals surface area contributed by atoms with Gasteiger partial charge in [-0.25, -0.2) is 4.79 Å². The van der Waals surface area contributed by atoms with Crippen molar-refractivity contribution in [2.24, 2.45) is 0 Å². The molecule has 0 saturated heterocycles. The lowest BCUT2D eigenvalue weighted by Gasteiger charge is -2.10. The molecule has 2 N–H and O–H groups in total. The number of aryl methyl sites for hydroxylation is 1.